The second-order valence-electron chi connectivity index (χ2n) is 3.53. The average Bonchev–Trinajstić information content (AvgIpc) is 2.45. The molecule has 0 atom stereocenters. The minimum Gasteiger partial charge on any atom is -0.398 e. The largest absolute Gasteiger partial charge is 0.398 e. The second kappa shape index (κ2) is 3.38. The molecule has 1 heterocycles. The van der Waals surface area contributed by atoms with Crippen LogP contribution in [0.3, 0.4) is 0 Å². The van der Waals surface area contributed by atoms with Gasteiger partial charge in [0.05, 0.1) is 5.69 Å². The molecule has 0 aliphatic heterocycles. The van der Waals surface area contributed by atoms with Crippen LogP contribution in [0.2, 0.25) is 0 Å². The molecule has 4 heteroatoms. The Morgan fingerprint density at radius 2 is 2.07 bits per heavy atom. The van der Waals surface area contributed by atoms with Gasteiger partial charge in [-0.05, 0) is 25.1 Å². The third-order valence-electron chi connectivity index (χ3n) is 2.32. The molecule has 0 spiro atoms. The lowest BCUT2D eigenvalue weighted by atomic mass is 10.1. The van der Waals surface area contributed by atoms with E-state index in [0.29, 0.717) is 5.69 Å². The van der Waals surface area contributed by atoms with Crippen LogP contribution in [0.4, 0.5) is 10.1 Å². The van der Waals surface area contributed by atoms with Crippen molar-refractivity contribution in [2.45, 2.75) is 6.92 Å². The quantitative estimate of drug-likeness (QED) is 0.725. The fraction of sp³-hybridized carbons (Fsp3) is 0.182. The van der Waals surface area contributed by atoms with Gasteiger partial charge in [0.2, 0.25) is 0 Å². The van der Waals surface area contributed by atoms with Gasteiger partial charge in [0.1, 0.15) is 5.82 Å². The summed E-state index contributed by atoms with van der Waals surface area (Å²) in [6.07, 6.45) is 1.87. The summed E-state index contributed by atoms with van der Waals surface area (Å²) < 4.78 is 14.6. The zero-order valence-electron chi connectivity index (χ0n) is 8.66. The number of anilines is 1. The van der Waals surface area contributed by atoms with Gasteiger partial charge in [-0.1, -0.05) is 0 Å². The fourth-order valence-corrected chi connectivity index (χ4v) is 1.64. The maximum Gasteiger partial charge on any atom is 0.125 e. The molecule has 0 bridgehead atoms. The van der Waals surface area contributed by atoms with Crippen molar-refractivity contribution in [3.8, 4) is 11.1 Å². The first-order valence-electron chi connectivity index (χ1n) is 4.63. The fourth-order valence-electron chi connectivity index (χ4n) is 1.64. The lowest BCUT2D eigenvalue weighted by molar-refractivity contribution is 0.628. The van der Waals surface area contributed by atoms with Gasteiger partial charge in [-0.2, -0.15) is 5.10 Å². The summed E-state index contributed by atoms with van der Waals surface area (Å²) >= 11 is 0. The number of hydrogen-bond acceptors (Lipinski definition) is 2. The summed E-state index contributed by atoms with van der Waals surface area (Å²) in [4.78, 5) is 0. The predicted molar refractivity (Wildman–Crippen MR) is 57.8 cm³/mol. The topological polar surface area (TPSA) is 43.8 Å². The van der Waals surface area contributed by atoms with Crippen LogP contribution in [0.1, 0.15) is 5.69 Å². The summed E-state index contributed by atoms with van der Waals surface area (Å²) in [6, 6.07) is 4.40. The van der Waals surface area contributed by atoms with Crippen LogP contribution >= 0.6 is 0 Å². The molecule has 0 saturated heterocycles. The number of nitrogens with zero attached hydrogens (tertiary/aromatic N) is 2. The summed E-state index contributed by atoms with van der Waals surface area (Å²) in [5, 5.41) is 4.22. The lowest BCUT2D eigenvalue weighted by Gasteiger charge is -2.03. The van der Waals surface area contributed by atoms with Crippen molar-refractivity contribution in [1.82, 2.24) is 9.78 Å². The Bertz CT molecular complexity index is 503. The Labute approximate surface area is 87.3 Å². The van der Waals surface area contributed by atoms with Crippen LogP contribution in [0.25, 0.3) is 11.1 Å². The van der Waals surface area contributed by atoms with Gasteiger partial charge in [0, 0.05) is 30.1 Å². The standard InChI is InChI=1S/C11H12FN3/c1-7-10(6-15(2)14-7)9-4-3-8(12)5-11(9)13/h3-6H,13H2,1-2H3. The van der Waals surface area contributed by atoms with E-state index in [2.05, 4.69) is 5.10 Å². The Kier molecular flexibility index (Phi) is 2.19. The highest BCUT2D eigenvalue weighted by Crippen LogP contribution is 2.28. The van der Waals surface area contributed by atoms with Crippen LogP contribution in [0.5, 0.6) is 0 Å². The number of aryl methyl sites for hydroxylation is 2. The number of aromatic nitrogens is 2. The molecule has 0 amide bonds. The van der Waals surface area contributed by atoms with Crippen molar-refractivity contribution < 1.29 is 4.39 Å². The lowest BCUT2D eigenvalue weighted by Crippen LogP contribution is -1.91. The number of benzene rings is 1. The van der Waals surface area contributed by atoms with Crippen molar-refractivity contribution >= 4 is 5.69 Å². The highest BCUT2D eigenvalue weighted by molar-refractivity contribution is 5.77. The predicted octanol–water partition coefficient (Wildman–Crippen LogP) is 2.12. The Hall–Kier alpha value is -1.84. The first kappa shape index (κ1) is 9.71. The van der Waals surface area contributed by atoms with Crippen LogP contribution in [-0.2, 0) is 7.05 Å². The van der Waals surface area contributed by atoms with Crippen molar-refractivity contribution in [2.24, 2.45) is 7.05 Å². The second-order valence-corrected chi connectivity index (χ2v) is 3.53. The molecule has 78 valence electrons. The summed E-state index contributed by atoms with van der Waals surface area (Å²) in [7, 11) is 1.84. The number of nitrogens with two attached hydrogens (primary N) is 1. The van der Waals surface area contributed by atoms with Gasteiger partial charge >= 0.3 is 0 Å². The Morgan fingerprint density at radius 1 is 1.33 bits per heavy atom. The van der Waals surface area contributed by atoms with Crippen LogP contribution in [0.15, 0.2) is 24.4 Å². The van der Waals surface area contributed by atoms with Gasteiger partial charge in [-0.15, -0.1) is 0 Å². The van der Waals surface area contributed by atoms with E-state index in [-0.39, 0.29) is 5.82 Å². The zero-order valence-corrected chi connectivity index (χ0v) is 8.66. The molecule has 0 aliphatic rings. The summed E-state index contributed by atoms with van der Waals surface area (Å²) in [5.74, 6) is -0.321. The molecule has 3 nitrogen and oxygen atoms in total. The van der Waals surface area contributed by atoms with Gasteiger partial charge < -0.3 is 5.73 Å². The average molecular weight is 205 g/mol. The zero-order chi connectivity index (χ0) is 11.0. The molecule has 1 aromatic heterocycles. The molecule has 1 aromatic carbocycles. The van der Waals surface area contributed by atoms with Crippen molar-refractivity contribution in [3.05, 3.63) is 35.9 Å². The number of nitrogen functional groups attached to an aromatic ring is 1. The maximum absolute atomic E-state index is 12.9. The van der Waals surface area contributed by atoms with E-state index < -0.39 is 0 Å². The van der Waals surface area contributed by atoms with Crippen LogP contribution < -0.4 is 5.73 Å². The van der Waals surface area contributed by atoms with Gasteiger partial charge in [0.25, 0.3) is 0 Å². The van der Waals surface area contributed by atoms with E-state index >= 15 is 0 Å². The van der Waals surface area contributed by atoms with E-state index in [4.69, 9.17) is 5.73 Å². The molecule has 0 radical (unpaired) electrons. The molecule has 0 unspecified atom stereocenters. The first-order valence-corrected chi connectivity index (χ1v) is 4.63. The minimum absolute atomic E-state index is 0.321. The van der Waals surface area contributed by atoms with E-state index in [9.17, 15) is 4.39 Å². The molecule has 0 aliphatic carbocycles. The molecular weight excluding hydrogens is 193 g/mol. The Balaban J connectivity index is 2.59. The third kappa shape index (κ3) is 1.70. The molecule has 0 fully saturated rings. The highest BCUT2D eigenvalue weighted by atomic mass is 19.1. The van der Waals surface area contributed by atoms with Gasteiger partial charge in [0.15, 0.2) is 0 Å². The monoisotopic (exact) mass is 205 g/mol. The molecule has 0 saturated carbocycles. The smallest absolute Gasteiger partial charge is 0.125 e. The van der Waals surface area contributed by atoms with Crippen molar-refractivity contribution in [3.63, 3.8) is 0 Å². The molecule has 2 rings (SSSR count). The van der Waals surface area contributed by atoms with Gasteiger partial charge in [-0.3, -0.25) is 4.68 Å². The van der Waals surface area contributed by atoms with Gasteiger partial charge in [-0.25, -0.2) is 4.39 Å². The third-order valence-corrected chi connectivity index (χ3v) is 2.32. The highest BCUT2D eigenvalue weighted by Gasteiger charge is 2.09. The summed E-state index contributed by atoms with van der Waals surface area (Å²) in [6.45, 7) is 1.90. The van der Waals surface area contributed by atoms with Crippen LogP contribution in [-0.4, -0.2) is 9.78 Å². The number of rotatable bonds is 1. The first-order chi connectivity index (χ1) is 7.08. The van der Waals surface area contributed by atoms with Crippen molar-refractivity contribution in [2.75, 3.05) is 5.73 Å². The van der Waals surface area contributed by atoms with E-state index in [1.165, 1.54) is 12.1 Å². The van der Waals surface area contributed by atoms with E-state index in [0.717, 1.165) is 16.8 Å². The van der Waals surface area contributed by atoms with E-state index in [1.54, 1.807) is 10.7 Å². The van der Waals surface area contributed by atoms with Crippen LogP contribution in [0, 0.1) is 12.7 Å². The normalized spacial score (nSPS) is 10.6. The SMILES string of the molecule is Cc1nn(C)cc1-c1ccc(F)cc1N. The molecule has 2 aromatic rings. The van der Waals surface area contributed by atoms with Crippen molar-refractivity contribution in [1.29, 1.82) is 0 Å². The Morgan fingerprint density at radius 3 is 2.60 bits per heavy atom. The maximum atomic E-state index is 12.9. The minimum atomic E-state index is -0.321. The summed E-state index contributed by atoms with van der Waals surface area (Å²) in [5.41, 5.74) is 8.84. The molecular formula is C11H12FN3. The van der Waals surface area contributed by atoms with E-state index in [1.807, 2.05) is 20.2 Å². The molecule has 15 heavy (non-hydrogen) atoms. The molecule has 2 N–H and O–H groups in total. The number of hydrogen-bond donors (Lipinski definition) is 1. The number of halogens is 1.